The Bertz CT molecular complexity index is 54.8. The number of hydrogen-bond donors (Lipinski definition) is 1. The van der Waals surface area contributed by atoms with Gasteiger partial charge in [0.1, 0.15) is 0 Å². The third-order valence-corrected chi connectivity index (χ3v) is 1.04. The molecule has 0 saturated carbocycles. The average Bonchev–Trinajstić information content (AvgIpc) is 1.35. The lowest BCUT2D eigenvalue weighted by Crippen LogP contribution is -2.11. The summed E-state index contributed by atoms with van der Waals surface area (Å²) in [5.74, 6) is 0.597. The Balaban J connectivity index is 2.83. The van der Waals surface area contributed by atoms with E-state index in [0.717, 1.165) is 0 Å². The first kappa shape index (κ1) is 6.11. The highest BCUT2D eigenvalue weighted by atomic mass is 32.2. The van der Waals surface area contributed by atoms with E-state index in [2.05, 4.69) is 5.32 Å². The first-order chi connectivity index (χ1) is 2.77. The molecule has 0 spiro atoms. The van der Waals surface area contributed by atoms with Crippen molar-refractivity contribution in [1.29, 1.82) is 0 Å². The van der Waals surface area contributed by atoms with Crippen molar-refractivity contribution in [2.75, 3.05) is 19.2 Å². The molecule has 1 atom stereocenters. The molecule has 1 N–H and O–H groups in total. The van der Waals surface area contributed by atoms with Crippen molar-refractivity contribution in [2.24, 2.45) is 0 Å². The van der Waals surface area contributed by atoms with Crippen LogP contribution in [0.3, 0.4) is 0 Å². The van der Waals surface area contributed by atoms with Crippen LogP contribution in [-0.2, 0) is 10.8 Å². The predicted octanol–water partition coefficient (Wildman–Crippen LogP) is -0.458. The van der Waals surface area contributed by atoms with E-state index in [9.17, 15) is 4.21 Å². The zero-order valence-corrected chi connectivity index (χ0v) is 4.84. The second-order valence-corrected chi connectivity index (χ2v) is 2.51. The number of hydrogen-bond acceptors (Lipinski definition) is 2. The fourth-order valence-electron chi connectivity index (χ4n) is 0.203. The van der Waals surface area contributed by atoms with E-state index in [0.29, 0.717) is 5.88 Å². The third-order valence-electron chi connectivity index (χ3n) is 0.348. The Morgan fingerprint density at radius 3 is 2.33 bits per heavy atom. The monoisotopic (exact) mass is 107 g/mol. The molecule has 0 aromatic rings. The SMILES string of the molecule is CNCS(C)=O. The standard InChI is InChI=1S/C3H9NOS/c1-4-3-6(2)5/h4H,3H2,1-2H3. The van der Waals surface area contributed by atoms with Gasteiger partial charge in [0.25, 0.3) is 0 Å². The summed E-state index contributed by atoms with van der Waals surface area (Å²) in [6.07, 6.45) is 1.66. The van der Waals surface area contributed by atoms with Gasteiger partial charge in [0, 0.05) is 17.1 Å². The van der Waals surface area contributed by atoms with Gasteiger partial charge in [-0.05, 0) is 7.05 Å². The van der Waals surface area contributed by atoms with Gasteiger partial charge in [-0.3, -0.25) is 4.21 Å². The molecule has 0 fully saturated rings. The van der Waals surface area contributed by atoms with Crippen LogP contribution in [0.25, 0.3) is 0 Å². The largest absolute Gasteiger partial charge is 0.309 e. The Morgan fingerprint density at radius 2 is 2.33 bits per heavy atom. The summed E-state index contributed by atoms with van der Waals surface area (Å²) in [7, 11) is 1.10. The lowest BCUT2D eigenvalue weighted by atomic mass is 11.3. The van der Waals surface area contributed by atoms with Crippen molar-refractivity contribution in [2.45, 2.75) is 0 Å². The van der Waals surface area contributed by atoms with Gasteiger partial charge in [-0.25, -0.2) is 0 Å². The maximum absolute atomic E-state index is 10.1. The Hall–Kier alpha value is 0.110. The van der Waals surface area contributed by atoms with Crippen molar-refractivity contribution in [3.63, 3.8) is 0 Å². The second kappa shape index (κ2) is 3.31. The summed E-state index contributed by atoms with van der Waals surface area (Å²) >= 11 is 0. The lowest BCUT2D eigenvalue weighted by Gasteiger charge is -1.86. The van der Waals surface area contributed by atoms with Gasteiger partial charge in [0.2, 0.25) is 0 Å². The number of nitrogens with one attached hydrogen (secondary N) is 1. The molecule has 1 unspecified atom stereocenters. The molecule has 0 amide bonds. The molecule has 0 aliphatic rings. The van der Waals surface area contributed by atoms with E-state index in [4.69, 9.17) is 0 Å². The third kappa shape index (κ3) is 4.11. The van der Waals surface area contributed by atoms with E-state index in [1.165, 1.54) is 0 Å². The van der Waals surface area contributed by atoms with Crippen molar-refractivity contribution in [3.05, 3.63) is 0 Å². The topological polar surface area (TPSA) is 29.1 Å². The van der Waals surface area contributed by atoms with Gasteiger partial charge in [0.05, 0.1) is 5.88 Å². The van der Waals surface area contributed by atoms with Crippen LogP contribution in [0.5, 0.6) is 0 Å². The zero-order chi connectivity index (χ0) is 4.99. The van der Waals surface area contributed by atoms with Gasteiger partial charge in [-0.15, -0.1) is 0 Å². The average molecular weight is 107 g/mol. The highest BCUT2D eigenvalue weighted by Crippen LogP contribution is 1.61. The molecular weight excluding hydrogens is 98.1 g/mol. The minimum absolute atomic E-state index is 0.597. The van der Waals surface area contributed by atoms with Crippen molar-refractivity contribution in [3.8, 4) is 0 Å². The van der Waals surface area contributed by atoms with Crippen LogP contribution in [-0.4, -0.2) is 23.4 Å². The Kier molecular flexibility index (Phi) is 3.37. The fourth-order valence-corrected chi connectivity index (χ4v) is 0.610. The Morgan fingerprint density at radius 1 is 1.83 bits per heavy atom. The molecule has 0 aromatic heterocycles. The molecule has 0 aliphatic carbocycles. The van der Waals surface area contributed by atoms with Gasteiger partial charge >= 0.3 is 0 Å². The molecule has 0 heterocycles. The summed E-state index contributed by atoms with van der Waals surface area (Å²) in [6.45, 7) is 0. The van der Waals surface area contributed by atoms with E-state index >= 15 is 0 Å². The number of rotatable bonds is 2. The highest BCUT2D eigenvalue weighted by molar-refractivity contribution is 7.84. The summed E-state index contributed by atoms with van der Waals surface area (Å²) in [4.78, 5) is 0. The minimum Gasteiger partial charge on any atom is -0.309 e. The van der Waals surface area contributed by atoms with E-state index in [1.807, 2.05) is 0 Å². The zero-order valence-electron chi connectivity index (χ0n) is 4.02. The molecule has 6 heavy (non-hydrogen) atoms. The summed E-state index contributed by atoms with van der Waals surface area (Å²) in [5, 5.41) is 2.77. The molecule has 0 saturated heterocycles. The quantitative estimate of drug-likeness (QED) is 0.517. The first-order valence-corrected chi connectivity index (χ1v) is 3.44. The minimum atomic E-state index is -0.677. The molecule has 0 rings (SSSR count). The summed E-state index contributed by atoms with van der Waals surface area (Å²) in [5.41, 5.74) is 0. The molecular formula is C3H9NOS. The van der Waals surface area contributed by atoms with Crippen molar-refractivity contribution < 1.29 is 4.21 Å². The van der Waals surface area contributed by atoms with Crippen molar-refractivity contribution in [1.82, 2.24) is 5.32 Å². The predicted molar refractivity (Wildman–Crippen MR) is 28.0 cm³/mol. The van der Waals surface area contributed by atoms with Crippen LogP contribution < -0.4 is 5.32 Å². The van der Waals surface area contributed by atoms with Gasteiger partial charge < -0.3 is 5.32 Å². The molecule has 3 heteroatoms. The molecule has 38 valence electrons. The van der Waals surface area contributed by atoms with Crippen LogP contribution in [0.15, 0.2) is 0 Å². The molecule has 0 aromatic carbocycles. The van der Waals surface area contributed by atoms with E-state index in [-0.39, 0.29) is 0 Å². The fraction of sp³-hybridized carbons (Fsp3) is 1.00. The maximum Gasteiger partial charge on any atom is 0.0717 e. The van der Waals surface area contributed by atoms with E-state index < -0.39 is 10.8 Å². The van der Waals surface area contributed by atoms with Crippen LogP contribution in [0.1, 0.15) is 0 Å². The van der Waals surface area contributed by atoms with Crippen molar-refractivity contribution >= 4 is 10.8 Å². The summed E-state index contributed by atoms with van der Waals surface area (Å²) < 4.78 is 10.1. The molecule has 2 nitrogen and oxygen atoms in total. The highest BCUT2D eigenvalue weighted by Gasteiger charge is 1.79. The van der Waals surface area contributed by atoms with E-state index in [1.54, 1.807) is 13.3 Å². The van der Waals surface area contributed by atoms with Crippen LogP contribution in [0.4, 0.5) is 0 Å². The summed E-state index contributed by atoms with van der Waals surface area (Å²) in [6, 6.07) is 0. The lowest BCUT2D eigenvalue weighted by molar-refractivity contribution is 0.683. The second-order valence-electron chi connectivity index (χ2n) is 1.07. The first-order valence-electron chi connectivity index (χ1n) is 1.72. The van der Waals surface area contributed by atoms with Gasteiger partial charge in [-0.1, -0.05) is 0 Å². The molecule has 0 aliphatic heterocycles. The van der Waals surface area contributed by atoms with Gasteiger partial charge in [-0.2, -0.15) is 0 Å². The van der Waals surface area contributed by atoms with Crippen LogP contribution in [0, 0.1) is 0 Å². The van der Waals surface area contributed by atoms with Crippen LogP contribution >= 0.6 is 0 Å². The smallest absolute Gasteiger partial charge is 0.0717 e. The normalized spacial score (nSPS) is 14.3. The maximum atomic E-state index is 10.1. The Labute approximate surface area is 40.4 Å². The van der Waals surface area contributed by atoms with Crippen LogP contribution in [0.2, 0.25) is 0 Å². The van der Waals surface area contributed by atoms with Gasteiger partial charge in [0.15, 0.2) is 0 Å². The molecule has 0 bridgehead atoms. The molecule has 0 radical (unpaired) electrons.